The Morgan fingerprint density at radius 3 is 3.11 bits per heavy atom. The average Bonchev–Trinajstić information content (AvgIpc) is 2.93. The van der Waals surface area contributed by atoms with Crippen molar-refractivity contribution < 1.29 is 9.90 Å². The second-order valence-electron chi connectivity index (χ2n) is 4.66. The number of rotatable bonds is 2. The minimum atomic E-state index is -0.727. The Kier molecular flexibility index (Phi) is 2.43. The van der Waals surface area contributed by atoms with Crippen molar-refractivity contribution in [3.8, 4) is 11.5 Å². The van der Waals surface area contributed by atoms with Crippen molar-refractivity contribution in [1.29, 1.82) is 0 Å². The molecule has 0 fully saturated rings. The lowest BCUT2D eigenvalue weighted by atomic mass is 9.90. The lowest BCUT2D eigenvalue weighted by Crippen LogP contribution is -2.22. The Morgan fingerprint density at radius 1 is 1.61 bits per heavy atom. The fourth-order valence-corrected chi connectivity index (χ4v) is 2.35. The highest BCUT2D eigenvalue weighted by Gasteiger charge is 2.27. The van der Waals surface area contributed by atoms with Crippen molar-refractivity contribution in [2.45, 2.75) is 19.3 Å². The smallest absolute Gasteiger partial charge is 0.306 e. The van der Waals surface area contributed by atoms with E-state index >= 15 is 0 Å². The number of nitrogens with zero attached hydrogens (tertiary/aromatic N) is 3. The molecule has 94 valence electrons. The largest absolute Gasteiger partial charge is 0.481 e. The zero-order valence-electron chi connectivity index (χ0n) is 10.1. The van der Waals surface area contributed by atoms with Crippen molar-refractivity contribution in [1.82, 2.24) is 19.7 Å². The van der Waals surface area contributed by atoms with Crippen LogP contribution >= 0.6 is 0 Å². The molecule has 0 saturated carbocycles. The van der Waals surface area contributed by atoms with Crippen molar-refractivity contribution in [3.63, 3.8) is 0 Å². The quantitative estimate of drug-likeness (QED) is 0.828. The topological polar surface area (TPSA) is 83.8 Å². The zero-order valence-corrected chi connectivity index (χ0v) is 10.1. The molecule has 1 aliphatic carbocycles. The Balaban J connectivity index is 1.91. The second-order valence-corrected chi connectivity index (χ2v) is 4.66. The standard InChI is InChI=1S/C12H14N4O2/c1-16-5-4-9(15-16)11-13-8-3-2-7(12(17)18)6-10(8)14-11/h4-5,7H,2-3,6H2,1H3,(H,13,14)(H,17,18). The Hall–Kier alpha value is -2.11. The lowest BCUT2D eigenvalue weighted by Gasteiger charge is -2.16. The maximum absolute atomic E-state index is 11.0. The summed E-state index contributed by atoms with van der Waals surface area (Å²) in [6.45, 7) is 0. The molecule has 1 unspecified atom stereocenters. The molecule has 0 amide bonds. The van der Waals surface area contributed by atoms with Gasteiger partial charge in [-0.15, -0.1) is 0 Å². The second kappa shape index (κ2) is 3.97. The normalized spacial score (nSPS) is 18.6. The molecule has 6 nitrogen and oxygen atoms in total. The van der Waals surface area contributed by atoms with E-state index in [9.17, 15) is 4.79 Å². The molecule has 18 heavy (non-hydrogen) atoms. The molecule has 2 aromatic rings. The highest BCUT2D eigenvalue weighted by Crippen LogP contribution is 2.26. The number of aliphatic carboxylic acids is 1. The molecule has 6 heteroatoms. The van der Waals surface area contributed by atoms with Gasteiger partial charge in [0.2, 0.25) is 0 Å². The number of aromatic nitrogens is 4. The van der Waals surface area contributed by atoms with Gasteiger partial charge in [0.15, 0.2) is 5.82 Å². The van der Waals surface area contributed by atoms with Crippen LogP contribution in [0.15, 0.2) is 12.3 Å². The molecule has 3 rings (SSSR count). The Bertz CT molecular complexity index is 599. The third kappa shape index (κ3) is 1.79. The maximum atomic E-state index is 11.0. The zero-order chi connectivity index (χ0) is 12.7. The van der Waals surface area contributed by atoms with Crippen molar-refractivity contribution in [2.24, 2.45) is 13.0 Å². The molecule has 2 N–H and O–H groups in total. The van der Waals surface area contributed by atoms with Crippen LogP contribution in [0.5, 0.6) is 0 Å². The summed E-state index contributed by atoms with van der Waals surface area (Å²) in [6.07, 6.45) is 3.77. The minimum Gasteiger partial charge on any atom is -0.481 e. The third-order valence-corrected chi connectivity index (χ3v) is 3.35. The van der Waals surface area contributed by atoms with Crippen LogP contribution < -0.4 is 0 Å². The van der Waals surface area contributed by atoms with E-state index in [1.165, 1.54) is 0 Å². The molecule has 0 bridgehead atoms. The van der Waals surface area contributed by atoms with Crippen molar-refractivity contribution >= 4 is 5.97 Å². The number of hydrogen-bond donors (Lipinski definition) is 2. The SMILES string of the molecule is Cn1ccc(-c2nc3c([nH]2)CC(C(=O)O)CC3)n1. The number of carboxylic acid groups (broad SMARTS) is 1. The molecule has 0 aromatic carbocycles. The van der Waals surface area contributed by atoms with Crippen LogP contribution in [0.2, 0.25) is 0 Å². The number of carboxylic acids is 1. The van der Waals surface area contributed by atoms with Crippen LogP contribution in [0.4, 0.5) is 0 Å². The molecule has 0 spiro atoms. The van der Waals surface area contributed by atoms with E-state index in [-0.39, 0.29) is 5.92 Å². The van der Waals surface area contributed by atoms with Gasteiger partial charge in [0, 0.05) is 25.4 Å². The minimum absolute atomic E-state index is 0.297. The first-order valence-electron chi connectivity index (χ1n) is 5.94. The molecule has 1 aliphatic rings. The number of imidazole rings is 1. The number of H-pyrrole nitrogens is 1. The van der Waals surface area contributed by atoms with Crippen LogP contribution in [0.3, 0.4) is 0 Å². The number of carbonyl (C=O) groups is 1. The molecular weight excluding hydrogens is 232 g/mol. The van der Waals surface area contributed by atoms with Gasteiger partial charge in [0.05, 0.1) is 11.6 Å². The van der Waals surface area contributed by atoms with E-state index in [4.69, 9.17) is 5.11 Å². The Labute approximate surface area is 104 Å². The van der Waals surface area contributed by atoms with Gasteiger partial charge >= 0.3 is 5.97 Å². The summed E-state index contributed by atoms with van der Waals surface area (Å²) in [5.41, 5.74) is 2.71. The molecule has 0 aliphatic heterocycles. The van der Waals surface area contributed by atoms with Gasteiger partial charge in [0.25, 0.3) is 0 Å². The molecule has 0 radical (unpaired) electrons. The molecule has 0 saturated heterocycles. The lowest BCUT2D eigenvalue weighted by molar-refractivity contribution is -0.142. The van der Waals surface area contributed by atoms with Crippen LogP contribution in [0, 0.1) is 5.92 Å². The highest BCUT2D eigenvalue weighted by atomic mass is 16.4. The van der Waals surface area contributed by atoms with E-state index in [0.29, 0.717) is 12.8 Å². The summed E-state index contributed by atoms with van der Waals surface area (Å²) in [5.74, 6) is -0.296. The van der Waals surface area contributed by atoms with Gasteiger partial charge in [-0.05, 0) is 18.9 Å². The summed E-state index contributed by atoms with van der Waals surface area (Å²) in [6, 6.07) is 1.89. The van der Waals surface area contributed by atoms with E-state index in [1.54, 1.807) is 4.68 Å². The Morgan fingerprint density at radius 2 is 2.44 bits per heavy atom. The van der Waals surface area contributed by atoms with Crippen LogP contribution in [-0.2, 0) is 24.7 Å². The van der Waals surface area contributed by atoms with Crippen LogP contribution in [0.25, 0.3) is 11.5 Å². The molecule has 2 heterocycles. The summed E-state index contributed by atoms with van der Waals surface area (Å²) in [7, 11) is 1.85. The molecular formula is C12H14N4O2. The first kappa shape index (κ1) is 11.0. The summed E-state index contributed by atoms with van der Waals surface area (Å²) in [5, 5.41) is 13.3. The summed E-state index contributed by atoms with van der Waals surface area (Å²) in [4.78, 5) is 18.7. The molecule has 1 atom stereocenters. The average molecular weight is 246 g/mol. The predicted octanol–water partition coefficient (Wildman–Crippen LogP) is 1.000. The number of fused-ring (bicyclic) bond motifs is 1. The fourth-order valence-electron chi connectivity index (χ4n) is 2.35. The van der Waals surface area contributed by atoms with E-state index < -0.39 is 5.97 Å². The molecule has 2 aromatic heterocycles. The van der Waals surface area contributed by atoms with Gasteiger partial charge in [-0.1, -0.05) is 0 Å². The first-order chi connectivity index (χ1) is 8.63. The highest BCUT2D eigenvalue weighted by molar-refractivity contribution is 5.70. The van der Waals surface area contributed by atoms with E-state index in [2.05, 4.69) is 15.1 Å². The van der Waals surface area contributed by atoms with E-state index in [1.807, 2.05) is 19.3 Å². The number of hydrogen-bond acceptors (Lipinski definition) is 3. The van der Waals surface area contributed by atoms with Crippen LogP contribution in [0.1, 0.15) is 17.8 Å². The van der Waals surface area contributed by atoms with Gasteiger partial charge in [-0.25, -0.2) is 4.98 Å². The van der Waals surface area contributed by atoms with Crippen LogP contribution in [-0.4, -0.2) is 30.8 Å². The predicted molar refractivity (Wildman–Crippen MR) is 63.9 cm³/mol. The van der Waals surface area contributed by atoms with Gasteiger partial charge in [-0.2, -0.15) is 5.10 Å². The van der Waals surface area contributed by atoms with E-state index in [0.717, 1.165) is 29.3 Å². The van der Waals surface area contributed by atoms with Gasteiger partial charge in [0.1, 0.15) is 5.69 Å². The summed E-state index contributed by atoms with van der Waals surface area (Å²) < 4.78 is 1.72. The third-order valence-electron chi connectivity index (χ3n) is 3.35. The fraction of sp³-hybridized carbons (Fsp3) is 0.417. The monoisotopic (exact) mass is 246 g/mol. The first-order valence-corrected chi connectivity index (χ1v) is 5.94. The number of aryl methyl sites for hydroxylation is 2. The van der Waals surface area contributed by atoms with Gasteiger partial charge in [-0.3, -0.25) is 9.48 Å². The summed E-state index contributed by atoms with van der Waals surface area (Å²) >= 11 is 0. The number of aromatic amines is 1. The van der Waals surface area contributed by atoms with Crippen molar-refractivity contribution in [3.05, 3.63) is 23.7 Å². The van der Waals surface area contributed by atoms with Crippen molar-refractivity contribution in [2.75, 3.05) is 0 Å². The number of nitrogens with one attached hydrogen (secondary N) is 1. The van der Waals surface area contributed by atoms with Gasteiger partial charge < -0.3 is 10.1 Å². The maximum Gasteiger partial charge on any atom is 0.306 e.